The molecule has 1 aliphatic carbocycles. The van der Waals surface area contributed by atoms with E-state index in [1.54, 1.807) is 17.7 Å². The molecule has 1 unspecified atom stereocenters. The molecule has 0 saturated carbocycles. The number of carbonyl (C=O) groups is 1. The summed E-state index contributed by atoms with van der Waals surface area (Å²) in [4.78, 5) is 26.5. The summed E-state index contributed by atoms with van der Waals surface area (Å²) in [6.45, 7) is 3.93. The maximum atomic E-state index is 13.1. The second-order valence-corrected chi connectivity index (χ2v) is 10.4. The van der Waals surface area contributed by atoms with Gasteiger partial charge in [0.1, 0.15) is 29.3 Å². The Balaban J connectivity index is 1.17. The summed E-state index contributed by atoms with van der Waals surface area (Å²) in [6.07, 6.45) is 4.18. The number of amides is 1. The molecule has 2 N–H and O–H groups in total. The summed E-state index contributed by atoms with van der Waals surface area (Å²) in [7, 11) is 0. The second kappa shape index (κ2) is 10.2. The number of rotatable bonds is 6. The topological polar surface area (TPSA) is 79.4 Å². The quantitative estimate of drug-likeness (QED) is 0.405. The number of aromatic nitrogens is 2. The van der Waals surface area contributed by atoms with Gasteiger partial charge >= 0.3 is 0 Å². The first-order chi connectivity index (χ1) is 17.7. The molecule has 36 heavy (non-hydrogen) atoms. The maximum Gasteiger partial charge on any atom is 0.226 e. The van der Waals surface area contributed by atoms with Crippen LogP contribution in [0.1, 0.15) is 22.4 Å². The van der Waals surface area contributed by atoms with Crippen molar-refractivity contribution >= 4 is 39.0 Å². The molecular weight excluding hydrogens is 470 g/mol. The lowest BCUT2D eigenvalue weighted by Crippen LogP contribution is -2.49. The Bertz CT molecular complexity index is 1350. The van der Waals surface area contributed by atoms with Crippen molar-refractivity contribution in [2.75, 3.05) is 31.5 Å². The fourth-order valence-electron chi connectivity index (χ4n) is 5.07. The summed E-state index contributed by atoms with van der Waals surface area (Å²) >= 11 is 1.71. The molecule has 3 heterocycles. The highest BCUT2D eigenvalue weighted by Gasteiger charge is 2.32. The largest absolute Gasteiger partial charge is 0.489 e. The Morgan fingerprint density at radius 1 is 1.08 bits per heavy atom. The van der Waals surface area contributed by atoms with Crippen molar-refractivity contribution in [3.05, 3.63) is 76.9 Å². The lowest BCUT2D eigenvalue weighted by Gasteiger charge is -2.32. The van der Waals surface area contributed by atoms with E-state index in [-0.39, 0.29) is 5.92 Å². The van der Waals surface area contributed by atoms with Gasteiger partial charge in [-0.15, -0.1) is 11.3 Å². The number of thiophene rings is 1. The number of fused-ring (bicyclic) bond motifs is 3. The molecule has 0 radical (unpaired) electrons. The molecule has 1 amide bonds. The second-order valence-electron chi connectivity index (χ2n) is 9.34. The Kier molecular flexibility index (Phi) is 6.53. The van der Waals surface area contributed by atoms with Crippen LogP contribution in [0.15, 0.2) is 60.9 Å². The van der Waals surface area contributed by atoms with Gasteiger partial charge in [-0.25, -0.2) is 9.97 Å². The molecule has 2 aromatic carbocycles. The fraction of sp³-hybridized carbons (Fsp3) is 0.321. The molecule has 4 aromatic rings. The van der Waals surface area contributed by atoms with Gasteiger partial charge in [0.2, 0.25) is 5.91 Å². The summed E-state index contributed by atoms with van der Waals surface area (Å²) < 4.78 is 5.92. The van der Waals surface area contributed by atoms with E-state index < -0.39 is 0 Å². The van der Waals surface area contributed by atoms with Crippen LogP contribution >= 0.6 is 11.3 Å². The lowest BCUT2D eigenvalue weighted by molar-refractivity contribution is -0.136. The molecule has 2 aromatic heterocycles. The number of anilines is 2. The minimum atomic E-state index is 0.0662. The van der Waals surface area contributed by atoms with Gasteiger partial charge in [0.15, 0.2) is 0 Å². The third-order valence-corrected chi connectivity index (χ3v) is 8.15. The Labute approximate surface area is 214 Å². The van der Waals surface area contributed by atoms with E-state index in [0.717, 1.165) is 78.5 Å². The number of benzene rings is 2. The number of hydrogen-bond donors (Lipinski definition) is 2. The number of hydrogen-bond acceptors (Lipinski definition) is 7. The van der Waals surface area contributed by atoms with Gasteiger partial charge in [0.05, 0.1) is 5.39 Å². The smallest absolute Gasteiger partial charge is 0.226 e. The molecule has 1 aliphatic heterocycles. The third-order valence-electron chi connectivity index (χ3n) is 6.99. The van der Waals surface area contributed by atoms with Crippen molar-refractivity contribution < 1.29 is 9.53 Å². The van der Waals surface area contributed by atoms with Crippen LogP contribution in [0.3, 0.4) is 0 Å². The van der Waals surface area contributed by atoms with Gasteiger partial charge in [0.25, 0.3) is 0 Å². The van der Waals surface area contributed by atoms with E-state index in [0.29, 0.717) is 12.5 Å². The van der Waals surface area contributed by atoms with Crippen molar-refractivity contribution in [3.8, 4) is 5.75 Å². The molecule has 0 spiro atoms. The molecule has 8 heteroatoms. The standard InChI is InChI=1S/C28H29N5O2S/c34-28(33-14-12-29-13-15-33)20-6-11-23-24(16-20)36-27-25(23)26(30-18-31-27)32-21-7-9-22(10-8-21)35-17-19-4-2-1-3-5-19/h1-5,7-10,18,20,29H,6,11-17H2,(H,30,31,32). The number of aryl methyl sites for hydroxylation is 1. The van der Waals surface area contributed by atoms with E-state index in [9.17, 15) is 4.79 Å². The van der Waals surface area contributed by atoms with Crippen LogP contribution in [0, 0.1) is 5.92 Å². The Morgan fingerprint density at radius 3 is 2.69 bits per heavy atom. The predicted molar refractivity (Wildman–Crippen MR) is 143 cm³/mol. The van der Waals surface area contributed by atoms with E-state index >= 15 is 0 Å². The van der Waals surface area contributed by atoms with Crippen molar-refractivity contribution in [3.63, 3.8) is 0 Å². The number of carbonyl (C=O) groups excluding carboxylic acids is 1. The molecule has 184 valence electrons. The highest BCUT2D eigenvalue weighted by molar-refractivity contribution is 7.19. The average Bonchev–Trinajstić information content (AvgIpc) is 3.32. The van der Waals surface area contributed by atoms with Gasteiger partial charge in [-0.05, 0) is 54.7 Å². The van der Waals surface area contributed by atoms with Gasteiger partial charge in [0, 0.05) is 42.7 Å². The van der Waals surface area contributed by atoms with Crippen molar-refractivity contribution in [1.82, 2.24) is 20.2 Å². The first-order valence-electron chi connectivity index (χ1n) is 12.5. The van der Waals surface area contributed by atoms with Crippen molar-refractivity contribution in [2.45, 2.75) is 25.9 Å². The zero-order valence-corrected chi connectivity index (χ0v) is 20.9. The van der Waals surface area contributed by atoms with Crippen LogP contribution < -0.4 is 15.4 Å². The molecule has 7 nitrogen and oxygen atoms in total. The van der Waals surface area contributed by atoms with Gasteiger partial charge in [-0.2, -0.15) is 0 Å². The van der Waals surface area contributed by atoms with Crippen LogP contribution in [0.25, 0.3) is 10.2 Å². The summed E-state index contributed by atoms with van der Waals surface area (Å²) in [5.41, 5.74) is 3.39. The monoisotopic (exact) mass is 499 g/mol. The minimum absolute atomic E-state index is 0.0662. The van der Waals surface area contributed by atoms with Crippen LogP contribution in [0.5, 0.6) is 5.75 Å². The highest BCUT2D eigenvalue weighted by Crippen LogP contribution is 2.40. The van der Waals surface area contributed by atoms with Crippen molar-refractivity contribution in [1.29, 1.82) is 0 Å². The zero-order chi connectivity index (χ0) is 24.3. The zero-order valence-electron chi connectivity index (χ0n) is 20.1. The Morgan fingerprint density at radius 2 is 1.89 bits per heavy atom. The Hall–Kier alpha value is -3.49. The molecule has 0 bridgehead atoms. The summed E-state index contributed by atoms with van der Waals surface area (Å²) in [5.74, 6) is 2.02. The first kappa shape index (κ1) is 22.9. The molecule has 2 aliphatic rings. The van der Waals surface area contributed by atoms with Crippen molar-refractivity contribution in [2.24, 2.45) is 5.92 Å². The molecule has 6 rings (SSSR count). The van der Waals surface area contributed by atoms with E-state index in [4.69, 9.17) is 4.74 Å². The summed E-state index contributed by atoms with van der Waals surface area (Å²) in [6, 6.07) is 18.1. The lowest BCUT2D eigenvalue weighted by atomic mass is 9.86. The van der Waals surface area contributed by atoms with Gasteiger partial charge < -0.3 is 20.3 Å². The average molecular weight is 500 g/mol. The summed E-state index contributed by atoms with van der Waals surface area (Å²) in [5, 5.41) is 7.91. The minimum Gasteiger partial charge on any atom is -0.489 e. The van der Waals surface area contributed by atoms with Crippen LogP contribution in [0.4, 0.5) is 11.5 Å². The fourth-order valence-corrected chi connectivity index (χ4v) is 6.34. The number of piperazine rings is 1. The number of ether oxygens (including phenoxy) is 1. The third kappa shape index (κ3) is 4.79. The number of nitrogens with one attached hydrogen (secondary N) is 2. The molecular formula is C28H29N5O2S. The molecule has 1 atom stereocenters. The van der Waals surface area contributed by atoms with Gasteiger partial charge in [-0.1, -0.05) is 30.3 Å². The molecule has 1 fully saturated rings. The number of nitrogens with zero attached hydrogens (tertiary/aromatic N) is 3. The van der Waals surface area contributed by atoms with Crippen LogP contribution in [-0.2, 0) is 24.2 Å². The van der Waals surface area contributed by atoms with Crippen LogP contribution in [0.2, 0.25) is 0 Å². The van der Waals surface area contributed by atoms with E-state index in [1.165, 1.54) is 10.4 Å². The predicted octanol–water partition coefficient (Wildman–Crippen LogP) is 4.55. The maximum absolute atomic E-state index is 13.1. The first-order valence-corrected chi connectivity index (χ1v) is 13.3. The highest BCUT2D eigenvalue weighted by atomic mass is 32.1. The van der Waals surface area contributed by atoms with Gasteiger partial charge in [-0.3, -0.25) is 4.79 Å². The normalized spacial score (nSPS) is 17.6. The van der Waals surface area contributed by atoms with Crippen LogP contribution in [-0.4, -0.2) is 47.0 Å². The SMILES string of the molecule is O=C(C1CCc2c(sc3ncnc(Nc4ccc(OCc5ccccc5)cc4)c23)C1)N1CCNCC1. The van der Waals surface area contributed by atoms with E-state index in [1.807, 2.05) is 47.4 Å². The van der Waals surface area contributed by atoms with E-state index in [2.05, 4.69) is 32.7 Å². The molecule has 1 saturated heterocycles.